The second-order valence-electron chi connectivity index (χ2n) is 2.54. The van der Waals surface area contributed by atoms with Gasteiger partial charge in [0.1, 0.15) is 0 Å². The van der Waals surface area contributed by atoms with Crippen LogP contribution in [0.2, 0.25) is 0 Å². The molecule has 1 aromatic carbocycles. The summed E-state index contributed by atoms with van der Waals surface area (Å²) in [5.74, 6) is 0. The van der Waals surface area contributed by atoms with Crippen molar-refractivity contribution in [2.45, 2.75) is 6.43 Å². The Morgan fingerprint density at radius 1 is 0.929 bits per heavy atom. The number of benzene rings is 1. The molecular formula is C7H5BF5K. The summed E-state index contributed by atoms with van der Waals surface area (Å²) in [5, 5.41) is 0. The van der Waals surface area contributed by atoms with Crippen LogP contribution in [0.15, 0.2) is 24.3 Å². The topological polar surface area (TPSA) is 0 Å². The second-order valence-corrected chi connectivity index (χ2v) is 2.54. The zero-order valence-corrected chi connectivity index (χ0v) is 10.5. The molecule has 0 bridgehead atoms. The monoisotopic (exact) mass is 234 g/mol. The van der Waals surface area contributed by atoms with E-state index in [1.807, 2.05) is 0 Å². The third-order valence-electron chi connectivity index (χ3n) is 1.57. The van der Waals surface area contributed by atoms with Crippen molar-refractivity contribution in [2.75, 3.05) is 0 Å². The number of halogens is 5. The zero-order valence-electron chi connectivity index (χ0n) is 7.35. The number of alkyl halides is 2. The molecule has 0 aromatic heterocycles. The smallest absolute Gasteiger partial charge is 0.445 e. The molecule has 1 aromatic rings. The quantitative estimate of drug-likeness (QED) is 0.486. The molecule has 0 heterocycles. The molecule has 0 saturated carbocycles. The fourth-order valence-corrected chi connectivity index (χ4v) is 0.860. The van der Waals surface area contributed by atoms with Gasteiger partial charge in [0.05, 0.1) is 0 Å². The van der Waals surface area contributed by atoms with E-state index in [1.54, 1.807) is 0 Å². The largest absolute Gasteiger partial charge is 1.00 e. The minimum absolute atomic E-state index is 0. The summed E-state index contributed by atoms with van der Waals surface area (Å²) >= 11 is 0. The summed E-state index contributed by atoms with van der Waals surface area (Å²) in [5.41, 5.74) is -1.26. The molecule has 14 heavy (non-hydrogen) atoms. The first kappa shape index (κ1) is 14.6. The molecule has 7 heteroatoms. The maximum atomic E-state index is 12.0. The maximum Gasteiger partial charge on any atom is 1.00 e. The molecule has 0 amide bonds. The minimum atomic E-state index is -5.09. The van der Waals surface area contributed by atoms with Gasteiger partial charge in [-0.05, 0) is 0 Å². The van der Waals surface area contributed by atoms with Gasteiger partial charge in [-0.2, -0.15) is 0 Å². The van der Waals surface area contributed by atoms with Crippen molar-refractivity contribution >= 4 is 12.4 Å². The van der Waals surface area contributed by atoms with Crippen LogP contribution in [0.1, 0.15) is 12.0 Å². The van der Waals surface area contributed by atoms with E-state index in [-0.39, 0.29) is 51.4 Å². The van der Waals surface area contributed by atoms with Gasteiger partial charge in [0.15, 0.2) is 0 Å². The summed E-state index contributed by atoms with van der Waals surface area (Å²) in [4.78, 5) is 0. The van der Waals surface area contributed by atoms with Gasteiger partial charge >= 0.3 is 58.4 Å². The fourth-order valence-electron chi connectivity index (χ4n) is 0.860. The molecule has 0 aliphatic rings. The SMILES string of the molecule is FC(F)c1ccc([B-](F)(F)F)cc1.[K+]. The van der Waals surface area contributed by atoms with E-state index in [4.69, 9.17) is 0 Å². The Labute approximate surface area is 120 Å². The van der Waals surface area contributed by atoms with E-state index in [0.29, 0.717) is 12.1 Å². The summed E-state index contributed by atoms with van der Waals surface area (Å²) in [6, 6.07) is 2.91. The Bertz CT molecular complexity index is 281. The van der Waals surface area contributed by atoms with Crippen molar-refractivity contribution in [2.24, 2.45) is 0 Å². The van der Waals surface area contributed by atoms with Crippen molar-refractivity contribution in [3.8, 4) is 0 Å². The van der Waals surface area contributed by atoms with Crippen LogP contribution >= 0.6 is 0 Å². The van der Waals surface area contributed by atoms with Crippen molar-refractivity contribution in [3.05, 3.63) is 29.8 Å². The van der Waals surface area contributed by atoms with Crippen LogP contribution in [0.3, 0.4) is 0 Å². The van der Waals surface area contributed by atoms with Crippen molar-refractivity contribution in [1.29, 1.82) is 0 Å². The molecule has 0 spiro atoms. The molecule has 0 atom stereocenters. The van der Waals surface area contributed by atoms with Gasteiger partial charge in [-0.25, -0.2) is 8.78 Å². The molecule has 0 nitrogen and oxygen atoms in total. The molecule has 0 aliphatic carbocycles. The van der Waals surface area contributed by atoms with Crippen molar-refractivity contribution in [3.63, 3.8) is 0 Å². The standard InChI is InChI=1S/C7H5BF5.K/c9-7(10)5-1-3-6(4-2-5)8(11,12)13;/h1-4,7H;/q-1;+1. The summed E-state index contributed by atoms with van der Waals surface area (Å²) < 4.78 is 59.8. The van der Waals surface area contributed by atoms with Crippen LogP contribution in [0.5, 0.6) is 0 Å². The Hall–Kier alpha value is 0.571. The van der Waals surface area contributed by atoms with E-state index >= 15 is 0 Å². The summed E-state index contributed by atoms with van der Waals surface area (Å²) in [6.45, 7) is -5.09. The van der Waals surface area contributed by atoms with E-state index < -0.39 is 24.4 Å². The predicted octanol–water partition coefficient (Wildman–Crippen LogP) is -0.317. The van der Waals surface area contributed by atoms with Gasteiger partial charge in [-0.1, -0.05) is 24.3 Å². The van der Waals surface area contributed by atoms with E-state index in [0.717, 1.165) is 12.1 Å². The normalized spacial score (nSPS) is 11.3. The maximum absolute atomic E-state index is 12.0. The Kier molecular flexibility index (Phi) is 5.83. The Morgan fingerprint density at radius 3 is 1.64 bits per heavy atom. The van der Waals surface area contributed by atoms with Gasteiger partial charge < -0.3 is 12.9 Å². The van der Waals surface area contributed by atoms with Crippen molar-refractivity contribution < 1.29 is 73.1 Å². The van der Waals surface area contributed by atoms with Crippen molar-refractivity contribution in [1.82, 2.24) is 0 Å². The van der Waals surface area contributed by atoms with Crippen LogP contribution in [0.25, 0.3) is 0 Å². The second kappa shape index (κ2) is 5.60. The van der Waals surface area contributed by atoms with E-state index in [2.05, 4.69) is 0 Å². The average molecular weight is 234 g/mol. The number of hydrogen-bond donors (Lipinski definition) is 0. The van der Waals surface area contributed by atoms with Gasteiger partial charge in [0.2, 0.25) is 0 Å². The fraction of sp³-hybridized carbons (Fsp3) is 0.143. The average Bonchev–Trinajstić information content (AvgIpc) is 2.03. The van der Waals surface area contributed by atoms with E-state index in [9.17, 15) is 21.7 Å². The molecule has 72 valence electrons. The minimum Gasteiger partial charge on any atom is -0.445 e. The van der Waals surface area contributed by atoms with Crippen LogP contribution < -0.4 is 56.8 Å². The molecule has 0 saturated heterocycles. The number of rotatable bonds is 2. The van der Waals surface area contributed by atoms with E-state index in [1.165, 1.54) is 0 Å². The zero-order chi connectivity index (χ0) is 10.1. The first-order valence-electron chi connectivity index (χ1n) is 3.49. The van der Waals surface area contributed by atoms with Gasteiger partial charge in [-0.15, -0.1) is 5.46 Å². The molecule has 1 rings (SSSR count). The summed E-state index contributed by atoms with van der Waals surface area (Å²) in [6.07, 6.45) is -2.73. The first-order valence-corrected chi connectivity index (χ1v) is 3.49. The van der Waals surface area contributed by atoms with Crippen LogP contribution in [-0.4, -0.2) is 6.98 Å². The van der Waals surface area contributed by atoms with Gasteiger partial charge in [-0.3, -0.25) is 0 Å². The number of hydrogen-bond acceptors (Lipinski definition) is 0. The van der Waals surface area contributed by atoms with Gasteiger partial charge in [0.25, 0.3) is 6.43 Å². The van der Waals surface area contributed by atoms with Crippen LogP contribution in [-0.2, 0) is 0 Å². The summed E-state index contributed by atoms with van der Waals surface area (Å²) in [7, 11) is 0. The Balaban J connectivity index is 0.00000169. The molecular weight excluding hydrogens is 229 g/mol. The molecule has 0 aliphatic heterocycles. The molecule has 0 N–H and O–H groups in total. The first-order chi connectivity index (χ1) is 5.91. The third-order valence-corrected chi connectivity index (χ3v) is 1.57. The predicted molar refractivity (Wildman–Crippen MR) is 40.1 cm³/mol. The molecule has 0 unspecified atom stereocenters. The Morgan fingerprint density at radius 2 is 1.36 bits per heavy atom. The van der Waals surface area contributed by atoms with Crippen LogP contribution in [0.4, 0.5) is 21.7 Å². The molecule has 0 radical (unpaired) electrons. The van der Waals surface area contributed by atoms with Crippen LogP contribution in [0, 0.1) is 0 Å². The third kappa shape index (κ3) is 3.98. The van der Waals surface area contributed by atoms with Gasteiger partial charge in [0, 0.05) is 5.56 Å². The molecule has 0 fully saturated rings.